The summed E-state index contributed by atoms with van der Waals surface area (Å²) in [5, 5.41) is 2.70. The predicted molar refractivity (Wildman–Crippen MR) is 132 cm³/mol. The number of carbonyl (C=O) groups excluding carboxylic acids is 4. The minimum Gasteiger partial charge on any atom is -0.462 e. The highest BCUT2D eigenvalue weighted by atomic mass is 16.5. The number of amides is 2. The van der Waals surface area contributed by atoms with Gasteiger partial charge in [0.15, 0.2) is 6.61 Å². The molecule has 0 aliphatic carbocycles. The highest BCUT2D eigenvalue weighted by Gasteiger charge is 2.36. The van der Waals surface area contributed by atoms with Crippen molar-refractivity contribution in [3.8, 4) is 0 Å². The number of nitrogens with zero attached hydrogens (tertiary/aromatic N) is 1. The summed E-state index contributed by atoms with van der Waals surface area (Å²) >= 11 is 0. The van der Waals surface area contributed by atoms with Crippen LogP contribution in [0.15, 0.2) is 42.5 Å². The molecule has 0 aromatic heterocycles. The van der Waals surface area contributed by atoms with E-state index in [1.807, 2.05) is 26.0 Å². The smallest absolute Gasteiger partial charge is 0.338 e. The van der Waals surface area contributed by atoms with E-state index < -0.39 is 30.4 Å². The van der Waals surface area contributed by atoms with E-state index in [1.165, 1.54) is 4.90 Å². The Morgan fingerprint density at radius 1 is 1.00 bits per heavy atom. The van der Waals surface area contributed by atoms with E-state index in [0.29, 0.717) is 23.5 Å². The zero-order valence-electron chi connectivity index (χ0n) is 20.5. The number of unbranched alkanes of at least 4 members (excludes halogenated alkanes) is 2. The second-order valence-electron chi connectivity index (χ2n) is 8.75. The number of rotatable bonds is 10. The average molecular weight is 481 g/mol. The van der Waals surface area contributed by atoms with E-state index in [0.717, 1.165) is 30.4 Å². The molecule has 2 aromatic rings. The van der Waals surface area contributed by atoms with Crippen LogP contribution < -0.4 is 10.2 Å². The molecule has 0 saturated carbocycles. The van der Waals surface area contributed by atoms with Crippen molar-refractivity contribution < 1.29 is 28.7 Å². The van der Waals surface area contributed by atoms with Crippen LogP contribution in [0.25, 0.3) is 0 Å². The number of carbonyl (C=O) groups is 4. The average Bonchev–Trinajstić information content (AvgIpc) is 3.24. The minimum absolute atomic E-state index is 0.00116. The van der Waals surface area contributed by atoms with Crippen LogP contribution in [0.2, 0.25) is 0 Å². The lowest BCUT2D eigenvalue weighted by Crippen LogP contribution is -2.28. The molecule has 1 fully saturated rings. The Hall–Kier alpha value is -3.68. The monoisotopic (exact) mass is 480 g/mol. The van der Waals surface area contributed by atoms with Gasteiger partial charge < -0.3 is 19.7 Å². The van der Waals surface area contributed by atoms with Crippen molar-refractivity contribution in [1.82, 2.24) is 0 Å². The van der Waals surface area contributed by atoms with Crippen LogP contribution in [-0.4, -0.2) is 43.5 Å². The van der Waals surface area contributed by atoms with E-state index in [2.05, 4.69) is 12.2 Å². The van der Waals surface area contributed by atoms with E-state index in [1.54, 1.807) is 30.3 Å². The summed E-state index contributed by atoms with van der Waals surface area (Å²) in [6, 6.07) is 12.1. The Balaban J connectivity index is 1.48. The van der Waals surface area contributed by atoms with Crippen molar-refractivity contribution in [2.45, 2.75) is 46.5 Å². The molecule has 0 unspecified atom stereocenters. The van der Waals surface area contributed by atoms with Gasteiger partial charge in [0, 0.05) is 24.3 Å². The van der Waals surface area contributed by atoms with Crippen LogP contribution in [0.5, 0.6) is 0 Å². The molecule has 0 spiro atoms. The fourth-order valence-electron chi connectivity index (χ4n) is 3.76. The summed E-state index contributed by atoms with van der Waals surface area (Å²) in [5.41, 5.74) is 3.77. The zero-order chi connectivity index (χ0) is 25.4. The van der Waals surface area contributed by atoms with Crippen LogP contribution >= 0.6 is 0 Å². The molecule has 35 heavy (non-hydrogen) atoms. The predicted octanol–water partition coefficient (Wildman–Crippen LogP) is 4.19. The summed E-state index contributed by atoms with van der Waals surface area (Å²) in [4.78, 5) is 50.7. The van der Waals surface area contributed by atoms with Gasteiger partial charge in [-0.1, -0.05) is 25.8 Å². The highest BCUT2D eigenvalue weighted by molar-refractivity contribution is 6.00. The quantitative estimate of drug-likeness (QED) is 0.404. The number of esters is 2. The number of hydrogen-bond donors (Lipinski definition) is 1. The number of ether oxygens (including phenoxy) is 2. The summed E-state index contributed by atoms with van der Waals surface area (Å²) in [7, 11) is 0. The van der Waals surface area contributed by atoms with E-state index >= 15 is 0 Å². The molecule has 186 valence electrons. The van der Waals surface area contributed by atoms with Crippen molar-refractivity contribution >= 4 is 35.1 Å². The Morgan fingerprint density at radius 2 is 1.74 bits per heavy atom. The molecule has 1 atom stereocenters. The van der Waals surface area contributed by atoms with Crippen molar-refractivity contribution in [3.63, 3.8) is 0 Å². The molecule has 1 N–H and O–H groups in total. The van der Waals surface area contributed by atoms with E-state index in [4.69, 9.17) is 9.47 Å². The lowest BCUT2D eigenvalue weighted by molar-refractivity contribution is -0.151. The van der Waals surface area contributed by atoms with Gasteiger partial charge in [0.25, 0.3) is 5.91 Å². The number of anilines is 2. The number of hydrogen-bond acceptors (Lipinski definition) is 6. The third-order valence-electron chi connectivity index (χ3n) is 5.99. The van der Waals surface area contributed by atoms with Crippen LogP contribution in [0.4, 0.5) is 11.4 Å². The summed E-state index contributed by atoms with van der Waals surface area (Å²) in [6.07, 6.45) is 2.88. The van der Waals surface area contributed by atoms with Gasteiger partial charge in [-0.05, 0) is 67.8 Å². The van der Waals surface area contributed by atoms with Crippen molar-refractivity contribution in [2.24, 2.45) is 5.92 Å². The Labute approximate surface area is 205 Å². The Kier molecular flexibility index (Phi) is 9.00. The molecule has 2 amide bonds. The van der Waals surface area contributed by atoms with E-state index in [9.17, 15) is 19.2 Å². The first-order valence-corrected chi connectivity index (χ1v) is 11.9. The minimum atomic E-state index is -0.667. The fraction of sp³-hybridized carbons (Fsp3) is 0.407. The first-order valence-electron chi connectivity index (χ1n) is 11.9. The SMILES string of the molecule is CCCCCOC(=O)c1ccc(N2C[C@@H](C(=O)OCC(=O)Nc3ccc(C)c(C)c3)CC2=O)cc1. The number of benzene rings is 2. The number of nitrogens with one attached hydrogen (secondary N) is 1. The largest absolute Gasteiger partial charge is 0.462 e. The molecule has 1 aliphatic rings. The van der Waals surface area contributed by atoms with Crippen LogP contribution in [0.1, 0.15) is 54.1 Å². The standard InChI is InChI=1S/C27H32N2O6/c1-4-5-6-13-34-26(32)20-8-11-23(12-9-20)29-16-21(15-25(29)31)27(33)35-17-24(30)28-22-10-7-18(2)19(3)14-22/h7-12,14,21H,4-6,13,15-17H2,1-3H3,(H,28,30)/t21-/m0/s1. The van der Waals surface area contributed by atoms with Crippen LogP contribution in [0, 0.1) is 19.8 Å². The maximum atomic E-state index is 12.5. The van der Waals surface area contributed by atoms with Gasteiger partial charge >= 0.3 is 11.9 Å². The molecule has 1 aliphatic heterocycles. The molecule has 1 heterocycles. The zero-order valence-corrected chi connectivity index (χ0v) is 20.5. The molecular formula is C27H32N2O6. The lowest BCUT2D eigenvalue weighted by Gasteiger charge is -2.17. The molecule has 0 radical (unpaired) electrons. The van der Waals surface area contributed by atoms with Gasteiger partial charge in [-0.25, -0.2) is 4.79 Å². The first-order chi connectivity index (χ1) is 16.8. The summed E-state index contributed by atoms with van der Waals surface area (Å²) < 4.78 is 10.4. The molecule has 8 heteroatoms. The topological polar surface area (TPSA) is 102 Å². The van der Waals surface area contributed by atoms with Crippen LogP contribution in [-0.2, 0) is 23.9 Å². The van der Waals surface area contributed by atoms with Crippen molar-refractivity contribution in [1.29, 1.82) is 0 Å². The van der Waals surface area contributed by atoms with Gasteiger partial charge in [-0.2, -0.15) is 0 Å². The second-order valence-corrected chi connectivity index (χ2v) is 8.75. The number of aryl methyl sites for hydroxylation is 2. The van der Waals surface area contributed by atoms with Gasteiger partial charge in [0.05, 0.1) is 18.1 Å². The van der Waals surface area contributed by atoms with Gasteiger partial charge in [0.1, 0.15) is 0 Å². The van der Waals surface area contributed by atoms with Crippen LogP contribution in [0.3, 0.4) is 0 Å². The molecule has 3 rings (SSSR count). The summed E-state index contributed by atoms with van der Waals surface area (Å²) in [6.45, 7) is 6.11. The molecule has 1 saturated heterocycles. The van der Waals surface area contributed by atoms with Gasteiger partial charge in [0.2, 0.25) is 5.91 Å². The normalized spacial score (nSPS) is 15.1. The lowest BCUT2D eigenvalue weighted by atomic mass is 10.1. The summed E-state index contributed by atoms with van der Waals surface area (Å²) in [5.74, 6) is -2.33. The molecule has 8 nitrogen and oxygen atoms in total. The maximum Gasteiger partial charge on any atom is 0.338 e. The molecule has 2 aromatic carbocycles. The van der Waals surface area contributed by atoms with Gasteiger partial charge in [-0.3, -0.25) is 14.4 Å². The maximum absolute atomic E-state index is 12.5. The second kappa shape index (κ2) is 12.1. The van der Waals surface area contributed by atoms with E-state index in [-0.39, 0.29) is 18.9 Å². The Bertz CT molecular complexity index is 1080. The van der Waals surface area contributed by atoms with Crippen molar-refractivity contribution in [2.75, 3.05) is 30.0 Å². The molecular weight excluding hydrogens is 448 g/mol. The third kappa shape index (κ3) is 7.15. The fourth-order valence-corrected chi connectivity index (χ4v) is 3.76. The molecule has 0 bridgehead atoms. The third-order valence-corrected chi connectivity index (χ3v) is 5.99. The first kappa shape index (κ1) is 25.9. The van der Waals surface area contributed by atoms with Crippen molar-refractivity contribution in [3.05, 3.63) is 59.2 Å². The Morgan fingerprint density at radius 3 is 2.43 bits per heavy atom. The van der Waals surface area contributed by atoms with Gasteiger partial charge in [-0.15, -0.1) is 0 Å². The highest BCUT2D eigenvalue weighted by Crippen LogP contribution is 2.26.